The molecule has 21 heavy (non-hydrogen) atoms. The molecule has 1 fully saturated rings. The Labute approximate surface area is 128 Å². The molecule has 0 bridgehead atoms. The van der Waals surface area contributed by atoms with Gasteiger partial charge in [-0.3, -0.25) is 0 Å². The zero-order chi connectivity index (χ0) is 15.2. The fourth-order valence-electron chi connectivity index (χ4n) is 3.32. The van der Waals surface area contributed by atoms with Gasteiger partial charge in [-0.1, -0.05) is 39.2 Å². The molecule has 2 nitrogen and oxygen atoms in total. The van der Waals surface area contributed by atoms with Gasteiger partial charge in [0.2, 0.25) is 0 Å². The van der Waals surface area contributed by atoms with Crippen LogP contribution >= 0.6 is 0 Å². The van der Waals surface area contributed by atoms with Gasteiger partial charge >= 0.3 is 0 Å². The molecule has 1 aromatic carbocycles. The first-order valence-corrected chi connectivity index (χ1v) is 8.41. The second-order valence-electron chi connectivity index (χ2n) is 6.35. The van der Waals surface area contributed by atoms with Gasteiger partial charge in [-0.2, -0.15) is 0 Å². The summed E-state index contributed by atoms with van der Waals surface area (Å²) in [7, 11) is 0. The Hall–Kier alpha value is -1.09. The minimum atomic E-state index is -0.0880. The largest absolute Gasteiger partial charge is 0.368 e. The van der Waals surface area contributed by atoms with Crippen LogP contribution in [0.3, 0.4) is 0 Å². The Bertz CT molecular complexity index is 439. The zero-order valence-corrected chi connectivity index (χ0v) is 13.7. The number of nitrogens with one attached hydrogen (secondary N) is 1. The van der Waals surface area contributed by atoms with Crippen LogP contribution in [0.2, 0.25) is 0 Å². The lowest BCUT2D eigenvalue weighted by Gasteiger charge is -2.36. The van der Waals surface area contributed by atoms with E-state index >= 15 is 0 Å². The Morgan fingerprint density at radius 3 is 2.57 bits per heavy atom. The van der Waals surface area contributed by atoms with Gasteiger partial charge < -0.3 is 10.2 Å². The Kier molecular flexibility index (Phi) is 6.04. The number of benzene rings is 1. The highest BCUT2D eigenvalue weighted by atomic mass is 19.1. The van der Waals surface area contributed by atoms with Crippen molar-refractivity contribution in [3.8, 4) is 0 Å². The third kappa shape index (κ3) is 4.19. The lowest BCUT2D eigenvalue weighted by molar-refractivity contribution is 0.416. The minimum Gasteiger partial charge on any atom is -0.368 e. The standard InChI is InChI=1S/C18H29FN2/c1-4-21(15-9-6-5-7-10-15)18-12-8-11-17(19)16(18)13-20-14(2)3/h8,11-12,14-15,20H,4-7,9-10,13H2,1-3H3. The van der Waals surface area contributed by atoms with Crippen LogP contribution in [-0.2, 0) is 6.54 Å². The second kappa shape index (κ2) is 7.79. The molecular formula is C18H29FN2. The maximum atomic E-state index is 14.3. The van der Waals surface area contributed by atoms with Gasteiger partial charge in [-0.05, 0) is 31.9 Å². The van der Waals surface area contributed by atoms with Crippen molar-refractivity contribution in [2.75, 3.05) is 11.4 Å². The number of halogens is 1. The molecule has 118 valence electrons. The van der Waals surface area contributed by atoms with Gasteiger partial charge in [0, 0.05) is 36.4 Å². The molecule has 2 rings (SSSR count). The summed E-state index contributed by atoms with van der Waals surface area (Å²) in [5, 5.41) is 3.36. The van der Waals surface area contributed by atoms with E-state index in [1.165, 1.54) is 32.1 Å². The first-order valence-electron chi connectivity index (χ1n) is 8.41. The summed E-state index contributed by atoms with van der Waals surface area (Å²) in [6.45, 7) is 7.92. The maximum absolute atomic E-state index is 14.3. The monoisotopic (exact) mass is 292 g/mol. The number of hydrogen-bond acceptors (Lipinski definition) is 2. The Balaban J connectivity index is 2.24. The molecule has 0 spiro atoms. The fraction of sp³-hybridized carbons (Fsp3) is 0.667. The van der Waals surface area contributed by atoms with Crippen molar-refractivity contribution >= 4 is 5.69 Å². The molecule has 0 heterocycles. The van der Waals surface area contributed by atoms with Crippen LogP contribution in [0.25, 0.3) is 0 Å². The highest BCUT2D eigenvalue weighted by Gasteiger charge is 2.23. The fourth-order valence-corrected chi connectivity index (χ4v) is 3.32. The number of hydrogen-bond donors (Lipinski definition) is 1. The Morgan fingerprint density at radius 1 is 1.24 bits per heavy atom. The van der Waals surface area contributed by atoms with E-state index < -0.39 is 0 Å². The first kappa shape index (κ1) is 16.3. The average Bonchev–Trinajstić information content (AvgIpc) is 2.48. The summed E-state index contributed by atoms with van der Waals surface area (Å²) in [6.07, 6.45) is 6.42. The van der Waals surface area contributed by atoms with Crippen molar-refractivity contribution in [1.82, 2.24) is 5.32 Å². The van der Waals surface area contributed by atoms with E-state index in [9.17, 15) is 4.39 Å². The molecule has 0 aromatic heterocycles. The molecule has 0 amide bonds. The molecule has 0 atom stereocenters. The third-order valence-electron chi connectivity index (χ3n) is 4.45. The van der Waals surface area contributed by atoms with Gasteiger partial charge in [-0.25, -0.2) is 4.39 Å². The summed E-state index contributed by atoms with van der Waals surface area (Å²) in [6, 6.07) is 6.44. The second-order valence-corrected chi connectivity index (χ2v) is 6.35. The SMILES string of the molecule is CCN(c1cccc(F)c1CNC(C)C)C1CCCCC1. The molecule has 0 unspecified atom stereocenters. The van der Waals surface area contributed by atoms with E-state index in [0.29, 0.717) is 18.6 Å². The lowest BCUT2D eigenvalue weighted by atomic mass is 9.93. The molecule has 1 aliphatic rings. The summed E-state index contributed by atoms with van der Waals surface area (Å²) in [5.41, 5.74) is 1.90. The van der Waals surface area contributed by atoms with Crippen LogP contribution in [0, 0.1) is 5.82 Å². The first-order chi connectivity index (χ1) is 10.1. The molecule has 1 aromatic rings. The molecule has 3 heteroatoms. The van der Waals surface area contributed by atoms with Crippen LogP contribution in [0.4, 0.5) is 10.1 Å². The van der Waals surface area contributed by atoms with Gasteiger partial charge in [0.15, 0.2) is 0 Å². The summed E-state index contributed by atoms with van der Waals surface area (Å²) in [5.74, 6) is -0.0880. The van der Waals surface area contributed by atoms with Crippen LogP contribution in [0.15, 0.2) is 18.2 Å². The summed E-state index contributed by atoms with van der Waals surface area (Å²) in [4.78, 5) is 2.42. The van der Waals surface area contributed by atoms with E-state index in [4.69, 9.17) is 0 Å². The van der Waals surface area contributed by atoms with Crippen molar-refractivity contribution in [2.24, 2.45) is 0 Å². The number of rotatable bonds is 6. The molecule has 1 N–H and O–H groups in total. The summed E-state index contributed by atoms with van der Waals surface area (Å²) >= 11 is 0. The van der Waals surface area contributed by atoms with Crippen LogP contribution in [-0.4, -0.2) is 18.6 Å². The van der Waals surface area contributed by atoms with Crippen molar-refractivity contribution < 1.29 is 4.39 Å². The predicted octanol–water partition coefficient (Wildman–Crippen LogP) is 4.48. The van der Waals surface area contributed by atoms with E-state index in [1.54, 1.807) is 6.07 Å². The topological polar surface area (TPSA) is 15.3 Å². The van der Waals surface area contributed by atoms with Crippen molar-refractivity contribution in [3.05, 3.63) is 29.6 Å². The summed E-state index contributed by atoms with van der Waals surface area (Å²) < 4.78 is 14.3. The molecule has 0 saturated heterocycles. The highest BCUT2D eigenvalue weighted by molar-refractivity contribution is 5.55. The number of nitrogens with zero attached hydrogens (tertiary/aromatic N) is 1. The quantitative estimate of drug-likeness (QED) is 0.831. The van der Waals surface area contributed by atoms with Gasteiger partial charge in [0.05, 0.1) is 0 Å². The normalized spacial score (nSPS) is 16.4. The highest BCUT2D eigenvalue weighted by Crippen LogP contribution is 2.30. The van der Waals surface area contributed by atoms with Crippen molar-refractivity contribution in [1.29, 1.82) is 0 Å². The van der Waals surface area contributed by atoms with E-state index in [1.807, 2.05) is 6.07 Å². The van der Waals surface area contributed by atoms with Crippen LogP contribution in [0.1, 0.15) is 58.4 Å². The van der Waals surface area contributed by atoms with Crippen molar-refractivity contribution in [3.63, 3.8) is 0 Å². The zero-order valence-electron chi connectivity index (χ0n) is 13.7. The molecule has 1 saturated carbocycles. The Morgan fingerprint density at radius 2 is 1.95 bits per heavy atom. The molecule has 1 aliphatic carbocycles. The van der Waals surface area contributed by atoms with Gasteiger partial charge in [0.1, 0.15) is 5.82 Å². The number of anilines is 1. The van der Waals surface area contributed by atoms with Gasteiger partial charge in [0.25, 0.3) is 0 Å². The van der Waals surface area contributed by atoms with E-state index in [2.05, 4.69) is 37.1 Å². The smallest absolute Gasteiger partial charge is 0.129 e. The van der Waals surface area contributed by atoms with Crippen LogP contribution in [0.5, 0.6) is 0 Å². The van der Waals surface area contributed by atoms with Crippen LogP contribution < -0.4 is 10.2 Å². The third-order valence-corrected chi connectivity index (χ3v) is 4.45. The predicted molar refractivity (Wildman–Crippen MR) is 88.3 cm³/mol. The van der Waals surface area contributed by atoms with Crippen molar-refractivity contribution in [2.45, 2.75) is 71.5 Å². The molecule has 0 radical (unpaired) electrons. The molecule has 0 aliphatic heterocycles. The van der Waals surface area contributed by atoms with Gasteiger partial charge in [-0.15, -0.1) is 0 Å². The molecular weight excluding hydrogens is 263 g/mol. The maximum Gasteiger partial charge on any atom is 0.129 e. The minimum absolute atomic E-state index is 0.0880. The van der Waals surface area contributed by atoms with E-state index in [-0.39, 0.29) is 5.82 Å². The average molecular weight is 292 g/mol. The lowest BCUT2D eigenvalue weighted by Crippen LogP contribution is -2.38. The van der Waals surface area contributed by atoms with E-state index in [0.717, 1.165) is 17.8 Å².